The van der Waals surface area contributed by atoms with Gasteiger partial charge in [-0.25, -0.2) is 14.5 Å². The minimum absolute atomic E-state index is 0.00999. The van der Waals surface area contributed by atoms with Crippen molar-refractivity contribution in [2.75, 3.05) is 11.9 Å². The van der Waals surface area contributed by atoms with Gasteiger partial charge in [0, 0.05) is 21.5 Å². The number of esters is 1. The Balaban J connectivity index is 1.44. The summed E-state index contributed by atoms with van der Waals surface area (Å²) in [7, 11) is 0. The molecule has 4 heterocycles. The second-order valence-corrected chi connectivity index (χ2v) is 10.0. The minimum atomic E-state index is -0.366. The Morgan fingerprint density at radius 2 is 2.09 bits per heavy atom. The number of ether oxygens (including phenoxy) is 1. The molecule has 0 radical (unpaired) electrons. The molecule has 0 bridgehead atoms. The number of fused-ring (bicyclic) bond motifs is 2. The lowest BCUT2D eigenvalue weighted by molar-refractivity contribution is -0.116. The third-order valence-corrected chi connectivity index (χ3v) is 7.90. The van der Waals surface area contributed by atoms with Crippen molar-refractivity contribution in [1.29, 1.82) is 0 Å². The number of aromatic nitrogens is 3. The first kappa shape index (κ1) is 21.8. The van der Waals surface area contributed by atoms with Crippen LogP contribution in [0.15, 0.2) is 29.8 Å². The number of carbonyl (C=O) groups excluding carboxylic acids is 2. The van der Waals surface area contributed by atoms with Gasteiger partial charge in [0.2, 0.25) is 5.91 Å². The van der Waals surface area contributed by atoms with Crippen molar-refractivity contribution in [3.63, 3.8) is 0 Å². The fourth-order valence-electron chi connectivity index (χ4n) is 4.40. The molecule has 1 amide bonds. The second-order valence-electron chi connectivity index (χ2n) is 7.96. The van der Waals surface area contributed by atoms with Crippen molar-refractivity contribution in [2.45, 2.75) is 46.1 Å². The molecule has 9 heteroatoms. The Morgan fingerprint density at radius 3 is 2.88 bits per heavy atom. The summed E-state index contributed by atoms with van der Waals surface area (Å²) < 4.78 is 6.93. The Labute approximate surface area is 199 Å². The number of anilines is 1. The van der Waals surface area contributed by atoms with Crippen molar-refractivity contribution in [1.82, 2.24) is 14.8 Å². The summed E-state index contributed by atoms with van der Waals surface area (Å²) >= 11 is 3.15. The summed E-state index contributed by atoms with van der Waals surface area (Å²) in [6, 6.07) is 6.06. The standard InChI is InChI=1S/C24H24N4O3S2/c1-3-31-24(30)21-15-7-4-5-8-18(15)33-23(21)26-19(29)13-28-22-20(14(2)27-28)16(10-11-25-22)17-9-6-12-32-17/h6,9-12H,3-5,7-8,13H2,1-2H3,(H,26,29). The van der Waals surface area contributed by atoms with E-state index in [9.17, 15) is 9.59 Å². The molecule has 7 nitrogen and oxygen atoms in total. The summed E-state index contributed by atoms with van der Waals surface area (Å²) in [5.41, 5.74) is 4.11. The zero-order valence-corrected chi connectivity index (χ0v) is 20.1. The SMILES string of the molecule is CCOC(=O)c1c(NC(=O)Cn2nc(C)c3c(-c4cccs4)ccnc32)sc2c1CCCC2. The molecule has 0 saturated heterocycles. The fourth-order valence-corrected chi connectivity index (χ4v) is 6.46. The third kappa shape index (κ3) is 4.06. The molecule has 5 rings (SSSR count). The van der Waals surface area contributed by atoms with Crippen molar-refractivity contribution in [3.05, 3.63) is 51.5 Å². The number of amides is 1. The molecule has 0 atom stereocenters. The number of thiophene rings is 2. The van der Waals surface area contributed by atoms with E-state index >= 15 is 0 Å². The monoisotopic (exact) mass is 480 g/mol. The zero-order valence-electron chi connectivity index (χ0n) is 18.5. The predicted molar refractivity (Wildman–Crippen MR) is 131 cm³/mol. The molecule has 0 saturated carbocycles. The summed E-state index contributed by atoms with van der Waals surface area (Å²) in [5, 5.41) is 11.1. The molecule has 1 aliphatic carbocycles. The molecule has 4 aromatic heterocycles. The number of carbonyl (C=O) groups is 2. The van der Waals surface area contributed by atoms with Crippen molar-refractivity contribution < 1.29 is 14.3 Å². The van der Waals surface area contributed by atoms with Crippen LogP contribution in [0.3, 0.4) is 0 Å². The average molecular weight is 481 g/mol. The van der Waals surface area contributed by atoms with E-state index in [2.05, 4.69) is 21.5 Å². The van der Waals surface area contributed by atoms with Crippen LogP contribution in [0.25, 0.3) is 21.5 Å². The molecule has 1 aliphatic rings. The molecule has 0 spiro atoms. The molecule has 0 aliphatic heterocycles. The van der Waals surface area contributed by atoms with Crippen LogP contribution in [0.2, 0.25) is 0 Å². The topological polar surface area (TPSA) is 86.1 Å². The van der Waals surface area contributed by atoms with E-state index < -0.39 is 0 Å². The Bertz CT molecular complexity index is 1340. The van der Waals surface area contributed by atoms with Gasteiger partial charge in [0.25, 0.3) is 0 Å². The van der Waals surface area contributed by atoms with Crippen LogP contribution in [-0.4, -0.2) is 33.2 Å². The molecule has 0 fully saturated rings. The normalized spacial score (nSPS) is 13.2. The predicted octanol–water partition coefficient (Wildman–Crippen LogP) is 5.22. The van der Waals surface area contributed by atoms with Gasteiger partial charge in [-0.05, 0) is 62.6 Å². The van der Waals surface area contributed by atoms with Crippen LogP contribution in [-0.2, 0) is 28.9 Å². The summed E-state index contributed by atoms with van der Waals surface area (Å²) in [5.74, 6) is -0.610. The fraction of sp³-hybridized carbons (Fsp3) is 0.333. The van der Waals surface area contributed by atoms with E-state index in [0.29, 0.717) is 22.8 Å². The van der Waals surface area contributed by atoms with Crippen molar-refractivity contribution in [2.24, 2.45) is 0 Å². The zero-order chi connectivity index (χ0) is 22.9. The molecule has 0 aromatic carbocycles. The smallest absolute Gasteiger partial charge is 0.341 e. The highest BCUT2D eigenvalue weighted by molar-refractivity contribution is 7.17. The third-order valence-electron chi connectivity index (χ3n) is 5.79. The molecule has 0 unspecified atom stereocenters. The van der Waals surface area contributed by atoms with Crippen molar-refractivity contribution >= 4 is 50.6 Å². The van der Waals surface area contributed by atoms with Crippen LogP contribution in [0.4, 0.5) is 5.00 Å². The minimum Gasteiger partial charge on any atom is -0.462 e. The lowest BCUT2D eigenvalue weighted by atomic mass is 9.95. The van der Waals surface area contributed by atoms with E-state index in [1.54, 1.807) is 29.1 Å². The maximum atomic E-state index is 13.1. The number of hydrogen-bond acceptors (Lipinski definition) is 7. The lowest BCUT2D eigenvalue weighted by Crippen LogP contribution is -2.21. The largest absolute Gasteiger partial charge is 0.462 e. The molecule has 4 aromatic rings. The molecular formula is C24H24N4O3S2. The summed E-state index contributed by atoms with van der Waals surface area (Å²) in [4.78, 5) is 32.5. The number of hydrogen-bond donors (Lipinski definition) is 1. The number of rotatable bonds is 6. The van der Waals surface area contributed by atoms with E-state index in [1.165, 1.54) is 16.2 Å². The van der Waals surface area contributed by atoms with Crippen molar-refractivity contribution in [3.8, 4) is 10.4 Å². The molecular weight excluding hydrogens is 456 g/mol. The molecule has 170 valence electrons. The van der Waals surface area contributed by atoms with E-state index in [4.69, 9.17) is 4.74 Å². The van der Waals surface area contributed by atoms with Gasteiger partial charge in [-0.15, -0.1) is 22.7 Å². The summed E-state index contributed by atoms with van der Waals surface area (Å²) in [6.45, 7) is 4.03. The highest BCUT2D eigenvalue weighted by Crippen LogP contribution is 2.39. The molecule has 1 N–H and O–H groups in total. The van der Waals surface area contributed by atoms with E-state index in [0.717, 1.165) is 52.8 Å². The van der Waals surface area contributed by atoms with Crippen LogP contribution in [0.1, 0.15) is 46.3 Å². The van der Waals surface area contributed by atoms with Gasteiger partial charge in [0.05, 0.1) is 23.3 Å². The van der Waals surface area contributed by atoms with E-state index in [-0.39, 0.29) is 18.4 Å². The Kier molecular flexibility index (Phi) is 5.99. The van der Waals surface area contributed by atoms with Crippen LogP contribution in [0.5, 0.6) is 0 Å². The highest BCUT2D eigenvalue weighted by Gasteiger charge is 2.27. The Morgan fingerprint density at radius 1 is 1.24 bits per heavy atom. The van der Waals surface area contributed by atoms with Gasteiger partial charge in [0.1, 0.15) is 11.5 Å². The number of nitrogens with zero attached hydrogens (tertiary/aromatic N) is 3. The van der Waals surface area contributed by atoms with Gasteiger partial charge >= 0.3 is 5.97 Å². The number of aryl methyl sites for hydroxylation is 2. The second kappa shape index (κ2) is 9.07. The maximum absolute atomic E-state index is 13.1. The first-order valence-corrected chi connectivity index (χ1v) is 12.7. The van der Waals surface area contributed by atoms with Crippen LogP contribution in [0, 0.1) is 6.92 Å². The van der Waals surface area contributed by atoms with Crippen LogP contribution >= 0.6 is 22.7 Å². The number of pyridine rings is 1. The molecule has 33 heavy (non-hydrogen) atoms. The van der Waals surface area contributed by atoms with Gasteiger partial charge in [-0.1, -0.05) is 6.07 Å². The van der Waals surface area contributed by atoms with Crippen LogP contribution < -0.4 is 5.32 Å². The highest BCUT2D eigenvalue weighted by atomic mass is 32.1. The average Bonchev–Trinajstić information content (AvgIpc) is 3.52. The maximum Gasteiger partial charge on any atom is 0.341 e. The van der Waals surface area contributed by atoms with Gasteiger partial charge in [0.15, 0.2) is 5.65 Å². The van der Waals surface area contributed by atoms with Gasteiger partial charge in [-0.2, -0.15) is 5.10 Å². The quantitative estimate of drug-likeness (QED) is 0.382. The Hall–Kier alpha value is -3.04. The van der Waals surface area contributed by atoms with Gasteiger partial charge < -0.3 is 10.1 Å². The lowest BCUT2D eigenvalue weighted by Gasteiger charge is -2.12. The number of nitrogens with one attached hydrogen (secondary N) is 1. The first-order chi connectivity index (χ1) is 16.1. The van der Waals surface area contributed by atoms with E-state index in [1.807, 2.05) is 24.4 Å². The first-order valence-electron chi connectivity index (χ1n) is 11.0. The summed E-state index contributed by atoms with van der Waals surface area (Å²) in [6.07, 6.45) is 5.66. The van der Waals surface area contributed by atoms with Gasteiger partial charge in [-0.3, -0.25) is 4.79 Å².